The summed E-state index contributed by atoms with van der Waals surface area (Å²) in [6.45, 7) is 2.24. The zero-order valence-electron chi connectivity index (χ0n) is 21.9. The molecule has 2 N–H and O–H groups in total. The highest BCUT2D eigenvalue weighted by atomic mass is 32.2. The number of carbonyl (C=O) groups is 1. The van der Waals surface area contributed by atoms with Crippen molar-refractivity contribution < 1.29 is 32.5 Å². The molecule has 214 valence electrons. The Morgan fingerprint density at radius 3 is 2.39 bits per heavy atom. The topological polar surface area (TPSA) is 98.5 Å². The van der Waals surface area contributed by atoms with Crippen molar-refractivity contribution in [2.24, 2.45) is 0 Å². The molecule has 1 saturated heterocycles. The van der Waals surface area contributed by atoms with E-state index in [9.17, 15) is 23.1 Å². The normalized spacial score (nSPS) is 19.3. The molecule has 0 spiro atoms. The Balaban J connectivity index is 1.20. The van der Waals surface area contributed by atoms with E-state index in [2.05, 4.69) is 15.4 Å². The van der Waals surface area contributed by atoms with E-state index in [-0.39, 0.29) is 42.3 Å². The van der Waals surface area contributed by atoms with Gasteiger partial charge in [0.15, 0.2) is 6.29 Å². The third kappa shape index (κ3) is 6.79. The molecule has 41 heavy (non-hydrogen) atoms. The van der Waals surface area contributed by atoms with E-state index in [1.54, 1.807) is 31.2 Å². The predicted molar refractivity (Wildman–Crippen MR) is 147 cm³/mol. The van der Waals surface area contributed by atoms with Crippen LogP contribution in [-0.4, -0.2) is 49.5 Å². The molecule has 2 atom stereocenters. The van der Waals surface area contributed by atoms with Crippen LogP contribution >= 0.6 is 11.8 Å². The molecule has 1 aliphatic heterocycles. The number of hydrogen-bond acceptors (Lipinski definition) is 7. The van der Waals surface area contributed by atoms with Gasteiger partial charge in [-0.1, -0.05) is 25.1 Å². The largest absolute Gasteiger partial charge is 0.382 e. The second-order valence-corrected chi connectivity index (χ2v) is 11.3. The molecule has 0 radical (unpaired) electrons. The molecule has 0 unspecified atom stereocenters. The van der Waals surface area contributed by atoms with Crippen LogP contribution < -0.4 is 5.32 Å². The lowest BCUT2D eigenvalue weighted by Crippen LogP contribution is -2.43. The summed E-state index contributed by atoms with van der Waals surface area (Å²) in [6.07, 6.45) is 2.07. The van der Waals surface area contributed by atoms with E-state index >= 15 is 0 Å². The Kier molecular flexibility index (Phi) is 8.74. The molecule has 1 aromatic heterocycles. The first-order valence-electron chi connectivity index (χ1n) is 12.8. The summed E-state index contributed by atoms with van der Waals surface area (Å²) in [4.78, 5) is 16.4. The lowest BCUT2D eigenvalue weighted by Gasteiger charge is -2.37. The van der Waals surface area contributed by atoms with Crippen molar-refractivity contribution in [3.8, 4) is 0 Å². The number of amides is 1. The first-order chi connectivity index (χ1) is 19.7. The van der Waals surface area contributed by atoms with Crippen LogP contribution in [0.15, 0.2) is 79.4 Å². The molecular weight excluding hydrogens is 557 g/mol. The van der Waals surface area contributed by atoms with Crippen molar-refractivity contribution >= 4 is 23.4 Å². The molecule has 0 aliphatic carbocycles. The van der Waals surface area contributed by atoms with Crippen LogP contribution in [0.5, 0.6) is 0 Å². The third-order valence-electron chi connectivity index (χ3n) is 6.75. The number of aromatic nitrogens is 3. The van der Waals surface area contributed by atoms with Crippen molar-refractivity contribution in [2.75, 3.05) is 18.5 Å². The molecule has 1 aliphatic rings. The minimum atomic E-state index is -1.74. The van der Waals surface area contributed by atoms with Crippen LogP contribution in [0.1, 0.15) is 34.7 Å². The molecule has 1 fully saturated rings. The Bertz CT molecular complexity index is 1470. The third-order valence-corrected chi connectivity index (χ3v) is 8.21. The minimum absolute atomic E-state index is 0.0477. The van der Waals surface area contributed by atoms with Crippen LogP contribution in [-0.2, 0) is 21.6 Å². The number of carbonyl (C=O) groups excluding carboxylic acids is 1. The molecule has 8 nitrogen and oxygen atoms in total. The zero-order chi connectivity index (χ0) is 29.0. The number of anilines is 1. The minimum Gasteiger partial charge on any atom is -0.382 e. The fourth-order valence-corrected chi connectivity index (χ4v) is 5.84. The van der Waals surface area contributed by atoms with Gasteiger partial charge in [0.2, 0.25) is 0 Å². The average molecular weight is 585 g/mol. The smallest absolute Gasteiger partial charge is 0.255 e. The average Bonchev–Trinajstić information content (AvgIpc) is 3.47. The Morgan fingerprint density at radius 1 is 1.07 bits per heavy atom. The summed E-state index contributed by atoms with van der Waals surface area (Å²) in [5.41, 5.74) is -0.176. The SMILES string of the molecule is C[C@@H](S[C@H]1CO[C@H](c2ccc(C(=O)Nc3ccc(F)cc3)cc2)OC1)[C@](O)(Cn1cncn1)c1ccc(F)cc1F. The fourth-order valence-electron chi connectivity index (χ4n) is 4.52. The van der Waals surface area contributed by atoms with Gasteiger partial charge in [-0.2, -0.15) is 5.10 Å². The highest BCUT2D eigenvalue weighted by Gasteiger charge is 2.41. The Hall–Kier alpha value is -3.71. The van der Waals surface area contributed by atoms with Gasteiger partial charge in [0.1, 0.15) is 35.7 Å². The van der Waals surface area contributed by atoms with Gasteiger partial charge in [0.05, 0.1) is 25.0 Å². The van der Waals surface area contributed by atoms with Gasteiger partial charge in [-0.25, -0.2) is 22.8 Å². The molecule has 1 amide bonds. The van der Waals surface area contributed by atoms with Crippen LogP contribution in [0.3, 0.4) is 0 Å². The van der Waals surface area contributed by atoms with Gasteiger partial charge >= 0.3 is 0 Å². The van der Waals surface area contributed by atoms with Crippen molar-refractivity contribution in [1.82, 2.24) is 14.8 Å². The van der Waals surface area contributed by atoms with Crippen molar-refractivity contribution in [2.45, 2.75) is 35.9 Å². The number of hydrogen-bond donors (Lipinski definition) is 2. The number of benzene rings is 3. The van der Waals surface area contributed by atoms with E-state index in [4.69, 9.17) is 9.47 Å². The Labute approximate surface area is 238 Å². The monoisotopic (exact) mass is 584 g/mol. The highest BCUT2D eigenvalue weighted by molar-refractivity contribution is 8.00. The van der Waals surface area contributed by atoms with E-state index in [0.29, 0.717) is 11.3 Å². The van der Waals surface area contributed by atoms with Crippen LogP contribution in [0.2, 0.25) is 0 Å². The van der Waals surface area contributed by atoms with E-state index < -0.39 is 28.8 Å². The van der Waals surface area contributed by atoms with E-state index in [1.807, 2.05) is 0 Å². The number of thioether (sulfide) groups is 1. The number of aliphatic hydroxyl groups is 1. The number of nitrogens with zero attached hydrogens (tertiary/aromatic N) is 3. The van der Waals surface area contributed by atoms with Crippen LogP contribution in [0.4, 0.5) is 18.9 Å². The zero-order valence-corrected chi connectivity index (χ0v) is 22.7. The van der Waals surface area contributed by atoms with Crippen molar-refractivity contribution in [3.63, 3.8) is 0 Å². The van der Waals surface area contributed by atoms with Crippen molar-refractivity contribution in [1.29, 1.82) is 0 Å². The van der Waals surface area contributed by atoms with Crippen LogP contribution in [0, 0.1) is 17.5 Å². The second kappa shape index (κ2) is 12.4. The molecule has 4 aromatic rings. The van der Waals surface area contributed by atoms with Gasteiger partial charge in [-0.05, 0) is 42.5 Å². The second-order valence-electron chi connectivity index (χ2n) is 9.62. The van der Waals surface area contributed by atoms with Gasteiger partial charge in [0.25, 0.3) is 5.91 Å². The Morgan fingerprint density at radius 2 is 1.76 bits per heavy atom. The van der Waals surface area contributed by atoms with Gasteiger partial charge < -0.3 is 19.9 Å². The molecule has 0 bridgehead atoms. The van der Waals surface area contributed by atoms with E-state index in [0.717, 1.165) is 17.7 Å². The lowest BCUT2D eigenvalue weighted by molar-refractivity contribution is -0.180. The molecular formula is C29H27F3N4O4S. The maximum atomic E-state index is 14.8. The first kappa shape index (κ1) is 28.8. The van der Waals surface area contributed by atoms with Crippen molar-refractivity contribution in [3.05, 3.63) is 114 Å². The summed E-state index contributed by atoms with van der Waals surface area (Å²) in [6, 6.07) is 15.3. The first-order valence-corrected chi connectivity index (χ1v) is 13.7. The predicted octanol–water partition coefficient (Wildman–Crippen LogP) is 5.07. The molecule has 12 heteroatoms. The number of rotatable bonds is 9. The number of ether oxygens (including phenoxy) is 2. The van der Waals surface area contributed by atoms with Gasteiger partial charge in [0, 0.05) is 33.7 Å². The number of nitrogens with one attached hydrogen (secondary N) is 1. The van der Waals surface area contributed by atoms with E-state index in [1.165, 1.54) is 59.4 Å². The molecule has 5 rings (SSSR count). The number of halogens is 3. The standard InChI is InChI=1S/C29H27F3N4O4S/c1-18(29(38,15-36-17-33-16-34-36)25-11-8-22(31)12-26(25)32)41-24-13-39-28(40-14-24)20-4-2-19(3-5-20)27(37)35-23-9-6-21(30)7-10-23/h2-12,16-18,24,28,38H,13-15H2,1H3,(H,35,37)/t18-,24-,28-,29-/m1/s1. The quantitative estimate of drug-likeness (QED) is 0.284. The molecule has 0 saturated carbocycles. The lowest BCUT2D eigenvalue weighted by atomic mass is 9.90. The van der Waals surface area contributed by atoms with Gasteiger partial charge in [-0.15, -0.1) is 11.8 Å². The maximum Gasteiger partial charge on any atom is 0.255 e. The summed E-state index contributed by atoms with van der Waals surface area (Å²) in [5, 5.41) is 17.7. The highest BCUT2D eigenvalue weighted by Crippen LogP contribution is 2.39. The fraction of sp³-hybridized carbons (Fsp3) is 0.276. The van der Waals surface area contributed by atoms with Gasteiger partial charge in [-0.3, -0.25) is 4.79 Å². The summed E-state index contributed by atoms with van der Waals surface area (Å²) in [7, 11) is 0. The van der Waals surface area contributed by atoms with Crippen LogP contribution in [0.25, 0.3) is 0 Å². The summed E-state index contributed by atoms with van der Waals surface area (Å²) < 4.78 is 54.8. The summed E-state index contributed by atoms with van der Waals surface area (Å²) >= 11 is 1.36. The molecule has 3 aromatic carbocycles. The summed E-state index contributed by atoms with van der Waals surface area (Å²) in [5.74, 6) is -2.32. The maximum absolute atomic E-state index is 14.8. The molecule has 2 heterocycles.